The number of ketones is 1. The molecule has 0 amide bonds. The number of hydrogen-bond acceptors (Lipinski definition) is 1. The van der Waals surface area contributed by atoms with Crippen molar-refractivity contribution < 1.29 is 9.18 Å². The molecule has 0 aliphatic carbocycles. The number of fused-ring (bicyclic) bond motifs is 2. The van der Waals surface area contributed by atoms with E-state index in [0.29, 0.717) is 30.5 Å². The van der Waals surface area contributed by atoms with Crippen LogP contribution < -0.4 is 0 Å². The molecule has 0 radical (unpaired) electrons. The Morgan fingerprint density at radius 3 is 2.43 bits per heavy atom. The minimum atomic E-state index is -0.802. The summed E-state index contributed by atoms with van der Waals surface area (Å²) in [6.45, 7) is 2.57. The highest BCUT2D eigenvalue weighted by Crippen LogP contribution is 2.27. The van der Waals surface area contributed by atoms with E-state index >= 15 is 0 Å². The van der Waals surface area contributed by atoms with Crippen molar-refractivity contribution in [3.05, 3.63) is 84.1 Å². The number of halogens is 1. The number of nitrogens with zero attached hydrogens (tertiary/aromatic N) is 1. The van der Waals surface area contributed by atoms with Crippen LogP contribution in [0.1, 0.15) is 42.1 Å². The smallest absolute Gasteiger partial charge is 0.195 e. The second-order valence-electron chi connectivity index (χ2n) is 7.28. The number of para-hydroxylation sites is 1. The van der Waals surface area contributed by atoms with Crippen LogP contribution in [0.3, 0.4) is 0 Å². The van der Waals surface area contributed by atoms with Crippen LogP contribution in [-0.4, -0.2) is 16.5 Å². The van der Waals surface area contributed by atoms with Crippen LogP contribution in [0.5, 0.6) is 0 Å². The van der Waals surface area contributed by atoms with Gasteiger partial charge in [0.25, 0.3) is 0 Å². The van der Waals surface area contributed by atoms with Gasteiger partial charge in [-0.05, 0) is 29.7 Å². The summed E-state index contributed by atoms with van der Waals surface area (Å²) in [5, 5.41) is 2.93. The zero-order valence-corrected chi connectivity index (χ0v) is 16.1. The van der Waals surface area contributed by atoms with E-state index in [2.05, 4.69) is 0 Å². The van der Waals surface area contributed by atoms with Crippen LogP contribution in [0.15, 0.2) is 72.9 Å². The number of aromatic nitrogens is 1. The van der Waals surface area contributed by atoms with Crippen molar-refractivity contribution in [2.45, 2.75) is 38.9 Å². The van der Waals surface area contributed by atoms with E-state index in [4.69, 9.17) is 0 Å². The van der Waals surface area contributed by atoms with Crippen molar-refractivity contribution in [3.63, 3.8) is 0 Å². The Hall–Kier alpha value is -2.94. The van der Waals surface area contributed by atoms with Crippen molar-refractivity contribution in [2.75, 3.05) is 0 Å². The molecule has 4 aromatic rings. The van der Waals surface area contributed by atoms with Gasteiger partial charge in [0.15, 0.2) is 5.78 Å². The molecule has 2 nitrogen and oxygen atoms in total. The molecule has 0 aliphatic heterocycles. The van der Waals surface area contributed by atoms with Crippen LogP contribution in [0.2, 0.25) is 0 Å². The third-order valence-electron chi connectivity index (χ3n) is 5.35. The minimum absolute atomic E-state index is 0.0112. The van der Waals surface area contributed by atoms with Crippen molar-refractivity contribution >= 4 is 27.5 Å². The first-order chi connectivity index (χ1) is 13.7. The first-order valence-corrected chi connectivity index (χ1v) is 9.93. The molecule has 4 rings (SSSR count). The van der Waals surface area contributed by atoms with Crippen molar-refractivity contribution in [3.8, 4) is 0 Å². The lowest BCUT2D eigenvalue weighted by Crippen LogP contribution is -2.06. The summed E-state index contributed by atoms with van der Waals surface area (Å²) in [6.07, 6.45) is 2.99. The fraction of sp³-hybridized carbons (Fsp3) is 0.240. The minimum Gasteiger partial charge on any atom is -0.347 e. The Kier molecular flexibility index (Phi) is 5.25. The molecule has 3 heteroatoms. The summed E-state index contributed by atoms with van der Waals surface area (Å²) in [4.78, 5) is 13.4. The summed E-state index contributed by atoms with van der Waals surface area (Å²) in [5.74, 6) is 0.0112. The zero-order chi connectivity index (χ0) is 19.5. The van der Waals surface area contributed by atoms with Crippen molar-refractivity contribution in [2.24, 2.45) is 0 Å². The Morgan fingerprint density at radius 2 is 1.61 bits per heavy atom. The first-order valence-electron chi connectivity index (χ1n) is 9.93. The zero-order valence-electron chi connectivity index (χ0n) is 16.1. The second-order valence-corrected chi connectivity index (χ2v) is 7.28. The van der Waals surface area contributed by atoms with Crippen LogP contribution in [0, 0.1) is 0 Å². The molecule has 0 spiro atoms. The number of hydrogen-bond donors (Lipinski definition) is 0. The van der Waals surface area contributed by atoms with E-state index in [9.17, 15) is 9.18 Å². The van der Waals surface area contributed by atoms with Crippen LogP contribution >= 0.6 is 0 Å². The summed E-state index contributed by atoms with van der Waals surface area (Å²) in [7, 11) is 0. The van der Waals surface area contributed by atoms with Gasteiger partial charge in [0.1, 0.15) is 6.17 Å². The van der Waals surface area contributed by atoms with E-state index in [1.54, 1.807) is 0 Å². The Balaban J connectivity index is 1.75. The molecular weight excluding hydrogens is 349 g/mol. The quantitative estimate of drug-likeness (QED) is 0.337. The number of alkyl halides is 1. The maximum atomic E-state index is 14.0. The molecule has 0 fully saturated rings. The third kappa shape index (κ3) is 3.45. The number of carbonyl (C=O) groups is 1. The van der Waals surface area contributed by atoms with Gasteiger partial charge in [-0.2, -0.15) is 0 Å². The van der Waals surface area contributed by atoms with Gasteiger partial charge in [-0.25, -0.2) is 4.39 Å². The normalized spacial score (nSPS) is 12.5. The van der Waals surface area contributed by atoms with Gasteiger partial charge in [0.2, 0.25) is 0 Å². The van der Waals surface area contributed by atoms with E-state index in [1.807, 2.05) is 84.4 Å². The molecule has 0 aliphatic rings. The number of aryl methyl sites for hydroxylation is 1. The fourth-order valence-corrected chi connectivity index (χ4v) is 3.92. The molecule has 142 valence electrons. The predicted molar refractivity (Wildman–Crippen MR) is 114 cm³/mol. The van der Waals surface area contributed by atoms with Gasteiger partial charge in [0.05, 0.1) is 0 Å². The van der Waals surface area contributed by atoms with Crippen LogP contribution in [-0.2, 0) is 6.54 Å². The van der Waals surface area contributed by atoms with E-state index in [1.165, 1.54) is 0 Å². The third-order valence-corrected chi connectivity index (χ3v) is 5.35. The lowest BCUT2D eigenvalue weighted by Gasteiger charge is -2.08. The van der Waals surface area contributed by atoms with Crippen molar-refractivity contribution in [1.29, 1.82) is 0 Å². The van der Waals surface area contributed by atoms with E-state index < -0.39 is 6.17 Å². The van der Waals surface area contributed by atoms with Gasteiger partial charge in [-0.15, -0.1) is 0 Å². The molecule has 1 aromatic heterocycles. The Bertz CT molecular complexity index is 1120. The predicted octanol–water partition coefficient (Wildman–Crippen LogP) is 6.55. The maximum Gasteiger partial charge on any atom is 0.195 e. The van der Waals surface area contributed by atoms with Gasteiger partial charge >= 0.3 is 0 Å². The SMILES string of the molecule is CCC[C@@H](F)CCn1cc(C(=O)c2cccc3ccccc23)c2ccccc21. The standard InChI is InChI=1S/C25H24FNO/c1-2-8-19(26)15-16-27-17-23(21-12-5-6-14-24(21)27)25(28)22-13-7-10-18-9-3-4-11-20(18)22/h3-7,9-14,17,19H,2,8,15-16H2,1H3/t19-/m1/s1. The summed E-state index contributed by atoms with van der Waals surface area (Å²) in [5.41, 5.74) is 2.36. The molecule has 0 bridgehead atoms. The van der Waals surface area contributed by atoms with Crippen molar-refractivity contribution in [1.82, 2.24) is 4.57 Å². The van der Waals surface area contributed by atoms with E-state index in [0.717, 1.165) is 28.1 Å². The van der Waals surface area contributed by atoms with Gasteiger partial charge in [-0.3, -0.25) is 4.79 Å². The van der Waals surface area contributed by atoms with Crippen LogP contribution in [0.25, 0.3) is 21.7 Å². The molecule has 0 unspecified atom stereocenters. The molecule has 3 aromatic carbocycles. The highest BCUT2D eigenvalue weighted by molar-refractivity contribution is 6.21. The monoisotopic (exact) mass is 373 g/mol. The number of rotatable bonds is 7. The average molecular weight is 373 g/mol. The second kappa shape index (κ2) is 7.97. The molecule has 0 saturated carbocycles. The molecule has 1 heterocycles. The number of carbonyl (C=O) groups excluding carboxylic acids is 1. The summed E-state index contributed by atoms with van der Waals surface area (Å²) < 4.78 is 16.0. The lowest BCUT2D eigenvalue weighted by molar-refractivity contribution is 0.104. The highest BCUT2D eigenvalue weighted by atomic mass is 19.1. The molecule has 0 N–H and O–H groups in total. The molecule has 28 heavy (non-hydrogen) atoms. The average Bonchev–Trinajstić information content (AvgIpc) is 3.10. The number of benzene rings is 3. The molecule has 1 atom stereocenters. The highest BCUT2D eigenvalue weighted by Gasteiger charge is 2.18. The summed E-state index contributed by atoms with van der Waals surface area (Å²) >= 11 is 0. The maximum absolute atomic E-state index is 14.0. The first kappa shape index (κ1) is 18.4. The molecule has 0 saturated heterocycles. The fourth-order valence-electron chi connectivity index (χ4n) is 3.92. The molecular formula is C25H24FNO. The Morgan fingerprint density at radius 1 is 0.893 bits per heavy atom. The summed E-state index contributed by atoms with van der Waals surface area (Å²) in [6, 6.07) is 21.7. The largest absolute Gasteiger partial charge is 0.347 e. The Labute approximate surface area is 164 Å². The topological polar surface area (TPSA) is 22.0 Å². The lowest BCUT2D eigenvalue weighted by atomic mass is 9.97. The van der Waals surface area contributed by atoms with E-state index in [-0.39, 0.29) is 5.78 Å². The van der Waals surface area contributed by atoms with Gasteiger partial charge in [-0.1, -0.05) is 74.0 Å². The van der Waals surface area contributed by atoms with Gasteiger partial charge in [0, 0.05) is 34.8 Å². The van der Waals surface area contributed by atoms with Gasteiger partial charge < -0.3 is 4.57 Å². The van der Waals surface area contributed by atoms with Crippen LogP contribution in [0.4, 0.5) is 4.39 Å².